The number of hydrogen-bond acceptors (Lipinski definition) is 4. The number of nitrogens with one attached hydrogen (secondary N) is 1. The molecule has 1 heterocycles. The smallest absolute Gasteiger partial charge is 0.412 e. The lowest BCUT2D eigenvalue weighted by Gasteiger charge is -2.22. The van der Waals surface area contributed by atoms with Crippen LogP contribution in [0.4, 0.5) is 23.2 Å². The number of allylic oxidation sites excluding steroid dienone is 4. The molecule has 0 spiro atoms. The third-order valence-electron chi connectivity index (χ3n) is 5.49. The topological polar surface area (TPSA) is 92.6 Å². The summed E-state index contributed by atoms with van der Waals surface area (Å²) in [4.78, 5) is 12.2. The van der Waals surface area contributed by atoms with Crippen molar-refractivity contribution in [1.82, 2.24) is 9.99 Å². The van der Waals surface area contributed by atoms with Crippen molar-refractivity contribution in [3.05, 3.63) is 83.3 Å². The number of halogens is 4. The maximum atomic E-state index is 13.8. The van der Waals surface area contributed by atoms with Gasteiger partial charge in [-0.2, -0.15) is 18.3 Å². The number of phenolic OH excluding ortho intramolecular Hbond substituents is 1. The molecule has 4 rings (SSSR count). The number of alkyl halides is 3. The van der Waals surface area contributed by atoms with Crippen LogP contribution in [0.5, 0.6) is 5.75 Å². The van der Waals surface area contributed by atoms with E-state index in [1.54, 1.807) is 35.0 Å². The van der Waals surface area contributed by atoms with Gasteiger partial charge in [0.2, 0.25) is 0 Å². The Kier molecular flexibility index (Phi) is 6.14. The first-order valence-corrected chi connectivity index (χ1v) is 10.3. The van der Waals surface area contributed by atoms with Crippen LogP contribution >= 0.6 is 0 Å². The van der Waals surface area contributed by atoms with Gasteiger partial charge in [-0.3, -0.25) is 4.79 Å². The molecule has 0 saturated heterocycles. The van der Waals surface area contributed by atoms with E-state index in [-0.39, 0.29) is 30.0 Å². The number of phenols is 1. The highest BCUT2D eigenvalue weighted by Crippen LogP contribution is 2.36. The van der Waals surface area contributed by atoms with Gasteiger partial charge in [0.05, 0.1) is 11.9 Å². The molecule has 176 valence electrons. The Hall–Kier alpha value is -4.08. The van der Waals surface area contributed by atoms with Gasteiger partial charge >= 0.3 is 6.18 Å². The molecule has 2 aromatic carbocycles. The molecule has 0 fully saturated rings. The van der Waals surface area contributed by atoms with Gasteiger partial charge in [-0.15, -0.1) is 0 Å². The fraction of sp³-hybridized carbons (Fsp3) is 0.167. The molecule has 1 amide bonds. The largest absolute Gasteiger partial charge is 0.506 e. The number of carbonyl (C=O) groups is 1. The highest BCUT2D eigenvalue weighted by molar-refractivity contribution is 6.00. The summed E-state index contributed by atoms with van der Waals surface area (Å²) in [6.07, 6.45) is 0.0435. The fourth-order valence-electron chi connectivity index (χ4n) is 3.85. The Morgan fingerprint density at radius 1 is 1.26 bits per heavy atom. The van der Waals surface area contributed by atoms with Crippen molar-refractivity contribution < 1.29 is 27.5 Å². The number of nitrogens with zero attached hydrogens (tertiary/aromatic N) is 2. The molecule has 0 bridgehead atoms. The van der Waals surface area contributed by atoms with Gasteiger partial charge < -0.3 is 15.4 Å². The number of carbonyl (C=O) groups excluding carboxylic acids is 1. The molecule has 0 radical (unpaired) electrons. The van der Waals surface area contributed by atoms with E-state index in [1.165, 1.54) is 30.5 Å². The molecule has 1 atom stereocenters. The monoisotopic (exact) mass is 472 g/mol. The Morgan fingerprint density at radius 2 is 2.06 bits per heavy atom. The number of nitrogens with two attached hydrogens (primary N) is 1. The maximum Gasteiger partial charge on any atom is 0.412 e. The number of amides is 1. The minimum Gasteiger partial charge on any atom is -0.506 e. The highest BCUT2D eigenvalue weighted by atomic mass is 19.4. The molecule has 1 aromatic heterocycles. The molecule has 3 aromatic rings. The fourth-order valence-corrected chi connectivity index (χ4v) is 3.85. The predicted molar refractivity (Wildman–Crippen MR) is 121 cm³/mol. The first kappa shape index (κ1) is 23.1. The molecule has 1 unspecified atom stereocenters. The Bertz CT molecular complexity index is 1340. The average molecular weight is 472 g/mol. The van der Waals surface area contributed by atoms with E-state index in [2.05, 4.69) is 10.5 Å². The molecule has 0 aliphatic heterocycles. The molecule has 0 saturated carbocycles. The van der Waals surface area contributed by atoms with Gasteiger partial charge in [-0.25, -0.2) is 9.82 Å². The predicted octanol–water partition coefficient (Wildman–Crippen LogP) is 5.06. The number of hydrogen-bond donors (Lipinski definition) is 3. The normalized spacial score (nSPS) is 16.5. The minimum absolute atomic E-state index is 0.0632. The van der Waals surface area contributed by atoms with Crippen molar-refractivity contribution in [3.63, 3.8) is 0 Å². The SMILES string of the molecule is Nc1cc(C(=O)N/N=C/c2cccc3c2ccn3CC2C=C(F)C=C(C(F)(F)F)C2)ccc1O. The molecule has 1 aliphatic rings. The number of aromatic hydroxyl groups is 1. The summed E-state index contributed by atoms with van der Waals surface area (Å²) in [5.74, 6) is -2.19. The third-order valence-corrected chi connectivity index (χ3v) is 5.49. The van der Waals surface area contributed by atoms with Crippen molar-refractivity contribution in [2.75, 3.05) is 5.73 Å². The number of anilines is 1. The summed E-state index contributed by atoms with van der Waals surface area (Å²) >= 11 is 0. The van der Waals surface area contributed by atoms with Gasteiger partial charge in [-0.05, 0) is 48.9 Å². The summed E-state index contributed by atoms with van der Waals surface area (Å²) in [6, 6.07) is 11.1. The zero-order chi connectivity index (χ0) is 24.5. The lowest BCUT2D eigenvalue weighted by atomic mass is 9.93. The number of hydrazone groups is 1. The first-order valence-electron chi connectivity index (χ1n) is 10.3. The van der Waals surface area contributed by atoms with Crippen LogP contribution in [0.1, 0.15) is 22.3 Å². The zero-order valence-electron chi connectivity index (χ0n) is 17.7. The summed E-state index contributed by atoms with van der Waals surface area (Å²) in [6.45, 7) is 0.171. The van der Waals surface area contributed by atoms with Crippen molar-refractivity contribution in [2.45, 2.75) is 19.1 Å². The van der Waals surface area contributed by atoms with E-state index in [1.807, 2.05) is 0 Å². The molecule has 1 aliphatic carbocycles. The van der Waals surface area contributed by atoms with Crippen LogP contribution < -0.4 is 11.2 Å². The second-order valence-electron chi connectivity index (χ2n) is 7.90. The van der Waals surface area contributed by atoms with Gasteiger partial charge in [0.15, 0.2) is 0 Å². The molecule has 4 N–H and O–H groups in total. The van der Waals surface area contributed by atoms with Crippen molar-refractivity contribution in [1.29, 1.82) is 0 Å². The number of benzene rings is 2. The summed E-state index contributed by atoms with van der Waals surface area (Å²) < 4.78 is 54.7. The average Bonchev–Trinajstić information content (AvgIpc) is 3.18. The van der Waals surface area contributed by atoms with Gasteiger partial charge in [0.25, 0.3) is 5.91 Å². The number of fused-ring (bicyclic) bond motifs is 1. The van der Waals surface area contributed by atoms with Crippen LogP contribution in [0.3, 0.4) is 0 Å². The highest BCUT2D eigenvalue weighted by Gasteiger charge is 2.36. The molecule has 34 heavy (non-hydrogen) atoms. The van der Waals surface area contributed by atoms with Gasteiger partial charge in [-0.1, -0.05) is 12.1 Å². The second kappa shape index (κ2) is 9.05. The first-order chi connectivity index (χ1) is 16.1. The zero-order valence-corrected chi connectivity index (χ0v) is 17.7. The summed E-state index contributed by atoms with van der Waals surface area (Å²) in [5.41, 5.74) is 8.78. The molecular weight excluding hydrogens is 452 g/mol. The van der Waals surface area contributed by atoms with E-state index < -0.39 is 29.4 Å². The van der Waals surface area contributed by atoms with Crippen LogP contribution in [-0.4, -0.2) is 28.0 Å². The van der Waals surface area contributed by atoms with E-state index in [0.717, 1.165) is 10.9 Å². The quantitative estimate of drug-likeness (QED) is 0.159. The van der Waals surface area contributed by atoms with Gasteiger partial charge in [0.1, 0.15) is 11.6 Å². The number of nitrogen functional groups attached to an aromatic ring is 1. The number of aromatic nitrogens is 1. The summed E-state index contributed by atoms with van der Waals surface area (Å²) in [7, 11) is 0. The van der Waals surface area contributed by atoms with E-state index in [0.29, 0.717) is 11.6 Å². The Labute approximate surface area is 191 Å². The summed E-state index contributed by atoms with van der Waals surface area (Å²) in [5, 5.41) is 14.2. The van der Waals surface area contributed by atoms with Crippen LogP contribution in [-0.2, 0) is 6.54 Å². The molecule has 10 heteroatoms. The second-order valence-corrected chi connectivity index (χ2v) is 7.90. The lowest BCUT2D eigenvalue weighted by molar-refractivity contribution is -0.0954. The van der Waals surface area contributed by atoms with Crippen LogP contribution in [0.2, 0.25) is 0 Å². The molecule has 6 nitrogen and oxygen atoms in total. The standard InChI is InChI=1S/C24H20F4N4O2/c25-18-9-14(8-17(11-18)24(26,27)28)13-32-7-6-19-16(2-1-3-21(19)32)12-30-31-23(34)15-4-5-22(33)20(29)10-15/h1-7,9-12,14,33H,8,13,29H2,(H,31,34)/b30-12+. The Balaban J connectivity index is 1.49. The Morgan fingerprint density at radius 3 is 2.79 bits per heavy atom. The van der Waals surface area contributed by atoms with Crippen molar-refractivity contribution >= 4 is 28.7 Å². The van der Waals surface area contributed by atoms with E-state index in [9.17, 15) is 27.5 Å². The number of rotatable bonds is 5. The van der Waals surface area contributed by atoms with Crippen LogP contribution in [0.25, 0.3) is 10.9 Å². The molecular formula is C24H20F4N4O2. The van der Waals surface area contributed by atoms with Crippen molar-refractivity contribution in [3.8, 4) is 5.75 Å². The minimum atomic E-state index is -4.57. The van der Waals surface area contributed by atoms with Crippen molar-refractivity contribution in [2.24, 2.45) is 11.0 Å². The van der Waals surface area contributed by atoms with Crippen LogP contribution in [0, 0.1) is 5.92 Å². The van der Waals surface area contributed by atoms with Crippen LogP contribution in [0.15, 0.2) is 77.3 Å². The maximum absolute atomic E-state index is 13.8. The third kappa shape index (κ3) is 4.95. The lowest BCUT2D eigenvalue weighted by Crippen LogP contribution is -2.20. The van der Waals surface area contributed by atoms with Gasteiger partial charge in [0, 0.05) is 46.3 Å². The van der Waals surface area contributed by atoms with E-state index in [4.69, 9.17) is 5.73 Å². The van der Waals surface area contributed by atoms with E-state index >= 15 is 0 Å².